The first-order chi connectivity index (χ1) is 17.1. The number of anilines is 2. The van der Waals surface area contributed by atoms with Crippen molar-refractivity contribution in [2.45, 2.75) is 18.8 Å². The molecule has 6 nitrogen and oxygen atoms in total. The molecule has 0 radical (unpaired) electrons. The molecular formula is C26H22F4N4O2. The van der Waals surface area contributed by atoms with E-state index in [1.807, 2.05) is 6.07 Å². The lowest BCUT2D eigenvalue weighted by Crippen LogP contribution is -2.40. The van der Waals surface area contributed by atoms with E-state index in [2.05, 4.69) is 5.32 Å². The minimum absolute atomic E-state index is 0.0103. The zero-order valence-electron chi connectivity index (χ0n) is 19.3. The molecule has 0 unspecified atom stereocenters. The van der Waals surface area contributed by atoms with Crippen LogP contribution in [0.25, 0.3) is 0 Å². The van der Waals surface area contributed by atoms with E-state index in [0.29, 0.717) is 11.8 Å². The molecule has 1 saturated heterocycles. The number of aryl methyl sites for hydroxylation is 1. The van der Waals surface area contributed by atoms with Gasteiger partial charge in [0.2, 0.25) is 0 Å². The second kappa shape index (κ2) is 9.85. The third kappa shape index (κ3) is 4.82. The standard InChI is InChI=1S/C26H22F4N4O2/c1-33-10-2-3-19(25(33)36)24(35)32-22-13-16(15-31)4-7-23(22)34-11-8-17(9-12-34)26(29,30)20-6-5-18(27)14-21(20)28/h2-7,10,13-14,17H,8-9,11-12H2,1H3,(H,32,35). The van der Waals surface area contributed by atoms with Gasteiger partial charge in [-0.1, -0.05) is 0 Å². The zero-order chi connectivity index (χ0) is 26.0. The van der Waals surface area contributed by atoms with Gasteiger partial charge in [-0.05, 0) is 55.3 Å². The van der Waals surface area contributed by atoms with Crippen LogP contribution in [0.3, 0.4) is 0 Å². The van der Waals surface area contributed by atoms with Gasteiger partial charge < -0.3 is 14.8 Å². The van der Waals surface area contributed by atoms with Gasteiger partial charge in [0.05, 0.1) is 28.6 Å². The average molecular weight is 498 g/mol. The number of piperidine rings is 1. The van der Waals surface area contributed by atoms with E-state index >= 15 is 8.78 Å². The summed E-state index contributed by atoms with van der Waals surface area (Å²) in [7, 11) is 1.51. The van der Waals surface area contributed by atoms with Crippen LogP contribution >= 0.6 is 0 Å². The Hall–Kier alpha value is -4.13. The molecule has 2 aromatic carbocycles. The van der Waals surface area contributed by atoms with Gasteiger partial charge in [0.15, 0.2) is 0 Å². The number of alkyl halides is 2. The predicted molar refractivity (Wildman–Crippen MR) is 126 cm³/mol. The number of amides is 1. The normalized spacial score (nSPS) is 14.4. The molecule has 10 heteroatoms. The van der Waals surface area contributed by atoms with Crippen LogP contribution < -0.4 is 15.8 Å². The molecule has 186 valence electrons. The largest absolute Gasteiger partial charge is 0.370 e. The van der Waals surface area contributed by atoms with Gasteiger partial charge in [0, 0.05) is 38.3 Å². The highest BCUT2D eigenvalue weighted by atomic mass is 19.3. The fraction of sp³-hybridized carbons (Fsp3) is 0.269. The van der Waals surface area contributed by atoms with Gasteiger partial charge in [-0.25, -0.2) is 17.6 Å². The monoisotopic (exact) mass is 498 g/mol. The Balaban J connectivity index is 1.55. The maximum atomic E-state index is 15.1. The van der Waals surface area contributed by atoms with E-state index in [0.717, 1.165) is 12.1 Å². The third-order valence-corrected chi connectivity index (χ3v) is 6.38. The van der Waals surface area contributed by atoms with Crippen LogP contribution in [0.4, 0.5) is 28.9 Å². The van der Waals surface area contributed by atoms with Crippen LogP contribution in [0.5, 0.6) is 0 Å². The number of nitriles is 1. The highest BCUT2D eigenvalue weighted by Crippen LogP contribution is 2.43. The van der Waals surface area contributed by atoms with Crippen molar-refractivity contribution in [3.05, 3.63) is 93.4 Å². The van der Waals surface area contributed by atoms with E-state index < -0.39 is 40.5 Å². The molecule has 0 saturated carbocycles. The zero-order valence-corrected chi connectivity index (χ0v) is 19.3. The molecule has 0 spiro atoms. The number of nitrogens with one attached hydrogen (secondary N) is 1. The number of benzene rings is 2. The molecule has 1 fully saturated rings. The Morgan fingerprint density at radius 1 is 1.11 bits per heavy atom. The minimum Gasteiger partial charge on any atom is -0.370 e. The van der Waals surface area contributed by atoms with Gasteiger partial charge in [-0.15, -0.1) is 0 Å². The molecule has 36 heavy (non-hydrogen) atoms. The second-order valence-corrected chi connectivity index (χ2v) is 8.64. The molecule has 1 N–H and O–H groups in total. The van der Waals surface area contributed by atoms with Gasteiger partial charge >= 0.3 is 0 Å². The summed E-state index contributed by atoms with van der Waals surface area (Å²) in [6, 6.07) is 11.6. The summed E-state index contributed by atoms with van der Waals surface area (Å²) in [5.41, 5.74) is -0.386. The van der Waals surface area contributed by atoms with E-state index in [-0.39, 0.29) is 42.7 Å². The van der Waals surface area contributed by atoms with Crippen molar-refractivity contribution in [1.29, 1.82) is 5.26 Å². The van der Waals surface area contributed by atoms with Gasteiger partial charge in [0.25, 0.3) is 17.4 Å². The Labute approximate surface area is 204 Å². The maximum Gasteiger partial charge on any atom is 0.278 e. The molecular weight excluding hydrogens is 476 g/mol. The van der Waals surface area contributed by atoms with Crippen LogP contribution in [-0.2, 0) is 13.0 Å². The van der Waals surface area contributed by atoms with Crippen molar-refractivity contribution in [3.8, 4) is 6.07 Å². The number of carbonyl (C=O) groups excluding carboxylic acids is 1. The van der Waals surface area contributed by atoms with E-state index in [1.165, 1.54) is 29.9 Å². The van der Waals surface area contributed by atoms with Crippen molar-refractivity contribution in [1.82, 2.24) is 4.57 Å². The Kier molecular flexibility index (Phi) is 6.84. The Morgan fingerprint density at radius 3 is 2.50 bits per heavy atom. The number of hydrogen-bond donors (Lipinski definition) is 1. The van der Waals surface area contributed by atoms with Gasteiger partial charge in [-0.3, -0.25) is 9.59 Å². The molecule has 1 aliphatic heterocycles. The number of rotatable bonds is 5. The van der Waals surface area contributed by atoms with Crippen LogP contribution in [0.2, 0.25) is 0 Å². The molecule has 0 atom stereocenters. The van der Waals surface area contributed by atoms with Crippen molar-refractivity contribution in [2.24, 2.45) is 13.0 Å². The number of nitrogens with zero attached hydrogens (tertiary/aromatic N) is 3. The number of hydrogen-bond acceptors (Lipinski definition) is 4. The summed E-state index contributed by atoms with van der Waals surface area (Å²) in [5, 5.41) is 12.0. The molecule has 1 amide bonds. The van der Waals surface area contributed by atoms with Crippen LogP contribution in [0.1, 0.15) is 34.3 Å². The fourth-order valence-corrected chi connectivity index (χ4v) is 4.40. The summed E-state index contributed by atoms with van der Waals surface area (Å²) >= 11 is 0. The molecule has 0 bridgehead atoms. The molecule has 4 rings (SSSR count). The SMILES string of the molecule is Cn1cccc(C(=O)Nc2cc(C#N)ccc2N2CCC(C(F)(F)c3ccc(F)cc3F)CC2)c1=O. The number of aromatic nitrogens is 1. The van der Waals surface area contributed by atoms with Gasteiger partial charge in [-0.2, -0.15) is 5.26 Å². The molecule has 0 aliphatic carbocycles. The Morgan fingerprint density at radius 2 is 1.83 bits per heavy atom. The number of pyridine rings is 1. The lowest BCUT2D eigenvalue weighted by molar-refractivity contribution is -0.0761. The van der Waals surface area contributed by atoms with E-state index in [4.69, 9.17) is 0 Å². The molecule has 1 aliphatic rings. The second-order valence-electron chi connectivity index (χ2n) is 8.64. The highest BCUT2D eigenvalue weighted by Gasteiger charge is 2.44. The highest BCUT2D eigenvalue weighted by molar-refractivity contribution is 6.05. The maximum absolute atomic E-state index is 15.1. The third-order valence-electron chi connectivity index (χ3n) is 6.38. The van der Waals surface area contributed by atoms with Crippen LogP contribution in [0.15, 0.2) is 59.5 Å². The Bertz CT molecular complexity index is 1410. The summed E-state index contributed by atoms with van der Waals surface area (Å²) in [6.45, 7) is 0.343. The summed E-state index contributed by atoms with van der Waals surface area (Å²) in [4.78, 5) is 26.9. The lowest BCUT2D eigenvalue weighted by atomic mass is 9.86. The summed E-state index contributed by atoms with van der Waals surface area (Å²) in [5.74, 6) is -7.53. The molecule has 1 aromatic heterocycles. The van der Waals surface area contributed by atoms with Gasteiger partial charge in [0.1, 0.15) is 17.2 Å². The topological polar surface area (TPSA) is 78.1 Å². The number of halogens is 4. The van der Waals surface area contributed by atoms with Crippen LogP contribution in [-0.4, -0.2) is 23.6 Å². The van der Waals surface area contributed by atoms with E-state index in [9.17, 15) is 23.6 Å². The average Bonchev–Trinajstić information content (AvgIpc) is 2.85. The van der Waals surface area contributed by atoms with Crippen molar-refractivity contribution >= 4 is 17.3 Å². The van der Waals surface area contributed by atoms with Crippen molar-refractivity contribution in [3.63, 3.8) is 0 Å². The molecule has 2 heterocycles. The van der Waals surface area contributed by atoms with Crippen molar-refractivity contribution in [2.75, 3.05) is 23.3 Å². The van der Waals surface area contributed by atoms with Crippen LogP contribution in [0, 0.1) is 28.9 Å². The van der Waals surface area contributed by atoms with E-state index in [1.54, 1.807) is 23.1 Å². The first-order valence-electron chi connectivity index (χ1n) is 11.2. The first kappa shape index (κ1) is 25.0. The quantitative estimate of drug-likeness (QED) is 0.513. The smallest absolute Gasteiger partial charge is 0.278 e. The summed E-state index contributed by atoms with van der Waals surface area (Å²) < 4.78 is 58.6. The lowest BCUT2D eigenvalue weighted by Gasteiger charge is -2.38. The minimum atomic E-state index is -3.49. The molecule has 3 aromatic rings. The summed E-state index contributed by atoms with van der Waals surface area (Å²) in [6.07, 6.45) is 1.53. The predicted octanol–water partition coefficient (Wildman–Crippen LogP) is 4.80. The number of carbonyl (C=O) groups is 1. The van der Waals surface area contributed by atoms with Crippen molar-refractivity contribution < 1.29 is 22.4 Å². The first-order valence-corrected chi connectivity index (χ1v) is 11.2. The fourth-order valence-electron chi connectivity index (χ4n) is 4.40.